The van der Waals surface area contributed by atoms with Gasteiger partial charge in [0.25, 0.3) is 5.91 Å². The third kappa shape index (κ3) is 2.65. The molecule has 1 aliphatic carbocycles. The quantitative estimate of drug-likeness (QED) is 0.826. The Kier molecular flexibility index (Phi) is 4.35. The lowest BCUT2D eigenvalue weighted by Crippen LogP contribution is -2.56. The van der Waals surface area contributed by atoms with Crippen LogP contribution in [0, 0.1) is 0 Å². The number of hydrogen-bond acceptors (Lipinski definition) is 4. The van der Waals surface area contributed by atoms with Crippen molar-refractivity contribution < 1.29 is 14.3 Å². The fourth-order valence-electron chi connectivity index (χ4n) is 4.33. The second-order valence-electron chi connectivity index (χ2n) is 7.02. The summed E-state index contributed by atoms with van der Waals surface area (Å²) < 4.78 is 6.17. The summed E-state index contributed by atoms with van der Waals surface area (Å²) >= 11 is 1.44. The van der Waals surface area contributed by atoms with Crippen LogP contribution in [0.3, 0.4) is 0 Å². The minimum absolute atomic E-state index is 0.0399. The first-order valence-electron chi connectivity index (χ1n) is 9.01. The predicted molar refractivity (Wildman–Crippen MR) is 91.9 cm³/mol. The van der Waals surface area contributed by atoms with Crippen LogP contribution in [0.1, 0.15) is 54.6 Å². The molecular formula is C18H24N2O3S. The van der Waals surface area contributed by atoms with Crippen molar-refractivity contribution in [2.24, 2.45) is 0 Å². The molecule has 2 amide bonds. The Bertz CT molecular complexity index is 604. The molecule has 3 aliphatic rings. The molecule has 1 spiro atoms. The van der Waals surface area contributed by atoms with Crippen molar-refractivity contribution in [3.8, 4) is 0 Å². The first-order valence-corrected chi connectivity index (χ1v) is 9.89. The number of amides is 2. The Labute approximate surface area is 146 Å². The van der Waals surface area contributed by atoms with E-state index in [-0.39, 0.29) is 11.8 Å². The lowest BCUT2D eigenvalue weighted by Gasteiger charge is -2.41. The molecule has 24 heavy (non-hydrogen) atoms. The van der Waals surface area contributed by atoms with Gasteiger partial charge in [0.15, 0.2) is 0 Å². The van der Waals surface area contributed by atoms with Crippen LogP contribution in [0.15, 0.2) is 17.5 Å². The maximum atomic E-state index is 13.2. The minimum atomic E-state index is -0.570. The van der Waals surface area contributed by atoms with Crippen molar-refractivity contribution in [3.05, 3.63) is 22.4 Å². The third-order valence-electron chi connectivity index (χ3n) is 5.55. The van der Waals surface area contributed by atoms with E-state index in [0.29, 0.717) is 11.5 Å². The summed E-state index contributed by atoms with van der Waals surface area (Å²) in [7, 11) is 0. The average molecular weight is 348 g/mol. The molecule has 0 radical (unpaired) electrons. The van der Waals surface area contributed by atoms with Gasteiger partial charge >= 0.3 is 0 Å². The van der Waals surface area contributed by atoms with Crippen LogP contribution < -0.4 is 0 Å². The topological polar surface area (TPSA) is 49.9 Å². The molecule has 0 N–H and O–H groups in total. The first kappa shape index (κ1) is 16.1. The van der Waals surface area contributed by atoms with Crippen LogP contribution in [-0.4, -0.2) is 53.1 Å². The molecule has 0 aromatic carbocycles. The Morgan fingerprint density at radius 3 is 2.54 bits per heavy atom. The lowest BCUT2D eigenvalue weighted by atomic mass is 9.90. The molecule has 1 aromatic rings. The molecule has 1 atom stereocenters. The first-order chi connectivity index (χ1) is 11.7. The van der Waals surface area contributed by atoms with Gasteiger partial charge in [-0.05, 0) is 50.0 Å². The van der Waals surface area contributed by atoms with Crippen molar-refractivity contribution in [1.29, 1.82) is 0 Å². The number of ether oxygens (including phenoxy) is 1. The molecule has 2 aliphatic heterocycles. The second kappa shape index (κ2) is 6.48. The summed E-state index contributed by atoms with van der Waals surface area (Å²) in [5.74, 6) is 0.0294. The monoisotopic (exact) mass is 348 g/mol. The molecule has 0 unspecified atom stereocenters. The Hall–Kier alpha value is -1.40. The largest absolute Gasteiger partial charge is 0.353 e. The number of thiophene rings is 1. The van der Waals surface area contributed by atoms with E-state index >= 15 is 0 Å². The van der Waals surface area contributed by atoms with Crippen LogP contribution >= 0.6 is 11.3 Å². The Morgan fingerprint density at radius 1 is 1.12 bits per heavy atom. The van der Waals surface area contributed by atoms with Crippen LogP contribution in [0.25, 0.3) is 0 Å². The second-order valence-corrected chi connectivity index (χ2v) is 7.97. The molecule has 3 fully saturated rings. The Balaban J connectivity index is 1.65. The van der Waals surface area contributed by atoms with Crippen LogP contribution in [0.5, 0.6) is 0 Å². The van der Waals surface area contributed by atoms with Gasteiger partial charge in [-0.1, -0.05) is 12.5 Å². The number of carbonyl (C=O) groups excluding carboxylic acids is 2. The van der Waals surface area contributed by atoms with Gasteiger partial charge in [0.2, 0.25) is 5.91 Å². The maximum absolute atomic E-state index is 13.2. The summed E-state index contributed by atoms with van der Waals surface area (Å²) in [6, 6.07) is 3.27. The van der Waals surface area contributed by atoms with Gasteiger partial charge in [0, 0.05) is 13.1 Å². The van der Waals surface area contributed by atoms with E-state index in [4.69, 9.17) is 4.74 Å². The van der Waals surface area contributed by atoms with E-state index < -0.39 is 11.8 Å². The summed E-state index contributed by atoms with van der Waals surface area (Å²) in [6.45, 7) is 1.96. The van der Waals surface area contributed by atoms with Gasteiger partial charge in [0.05, 0.1) is 11.5 Å². The van der Waals surface area contributed by atoms with Crippen molar-refractivity contribution in [3.63, 3.8) is 0 Å². The number of likely N-dealkylation sites (tertiary alicyclic amines) is 1. The summed E-state index contributed by atoms with van der Waals surface area (Å²) in [6.07, 6.45) is 7.09. The van der Waals surface area contributed by atoms with Crippen LogP contribution in [-0.2, 0) is 9.53 Å². The van der Waals surface area contributed by atoms with Crippen molar-refractivity contribution in [2.45, 2.75) is 56.7 Å². The number of hydrogen-bond donors (Lipinski definition) is 0. The van der Waals surface area contributed by atoms with E-state index in [1.807, 2.05) is 22.4 Å². The van der Waals surface area contributed by atoms with Crippen LogP contribution in [0.2, 0.25) is 0 Å². The summed E-state index contributed by atoms with van der Waals surface area (Å²) in [5, 5.41) is 1.91. The van der Waals surface area contributed by atoms with Crippen molar-refractivity contribution in [2.75, 3.05) is 19.7 Å². The van der Waals surface area contributed by atoms with Crippen molar-refractivity contribution >= 4 is 23.2 Å². The number of nitrogens with zero attached hydrogens (tertiary/aromatic N) is 2. The van der Waals surface area contributed by atoms with E-state index in [1.54, 1.807) is 4.90 Å². The molecule has 130 valence electrons. The smallest absolute Gasteiger partial charge is 0.266 e. The molecule has 0 bridgehead atoms. The standard InChI is InChI=1S/C18H24N2O3S/c21-16(19-10-4-5-11-19)14-13-23-18(8-2-1-3-9-18)20(14)17(22)15-7-6-12-24-15/h6-7,12,14H,1-5,8-11,13H2/t14-/m1/s1. The van der Waals surface area contributed by atoms with Gasteiger partial charge in [-0.3, -0.25) is 14.5 Å². The molecule has 6 heteroatoms. The van der Waals surface area contributed by atoms with Gasteiger partial charge in [-0.15, -0.1) is 11.3 Å². The van der Waals surface area contributed by atoms with Gasteiger partial charge in [0.1, 0.15) is 11.8 Å². The van der Waals surface area contributed by atoms with E-state index in [2.05, 4.69) is 0 Å². The van der Waals surface area contributed by atoms with Gasteiger partial charge < -0.3 is 9.64 Å². The fraction of sp³-hybridized carbons (Fsp3) is 0.667. The summed E-state index contributed by atoms with van der Waals surface area (Å²) in [4.78, 5) is 30.6. The van der Waals surface area contributed by atoms with Gasteiger partial charge in [-0.2, -0.15) is 0 Å². The zero-order chi connectivity index (χ0) is 16.6. The SMILES string of the molecule is O=C([C@H]1COC2(CCCCC2)N1C(=O)c1cccs1)N1CCCC1. The molecule has 5 nitrogen and oxygen atoms in total. The predicted octanol–water partition coefficient (Wildman–Crippen LogP) is 2.87. The fourth-order valence-corrected chi connectivity index (χ4v) is 4.99. The van der Waals surface area contributed by atoms with E-state index in [9.17, 15) is 9.59 Å². The molecule has 1 aromatic heterocycles. The Morgan fingerprint density at radius 2 is 1.88 bits per heavy atom. The highest BCUT2D eigenvalue weighted by Crippen LogP contribution is 2.42. The molecule has 2 saturated heterocycles. The highest BCUT2D eigenvalue weighted by atomic mass is 32.1. The molecule has 4 rings (SSSR count). The maximum Gasteiger partial charge on any atom is 0.266 e. The average Bonchev–Trinajstić information content (AvgIpc) is 3.36. The lowest BCUT2D eigenvalue weighted by molar-refractivity contribution is -0.136. The normalized spacial score (nSPS) is 26.2. The number of carbonyl (C=O) groups is 2. The van der Waals surface area contributed by atoms with Crippen LogP contribution in [0.4, 0.5) is 0 Å². The molecule has 1 saturated carbocycles. The highest BCUT2D eigenvalue weighted by molar-refractivity contribution is 7.12. The third-order valence-corrected chi connectivity index (χ3v) is 6.41. The molecular weight excluding hydrogens is 324 g/mol. The van der Waals surface area contributed by atoms with Gasteiger partial charge in [-0.25, -0.2) is 0 Å². The number of rotatable bonds is 2. The zero-order valence-corrected chi connectivity index (χ0v) is 14.7. The minimum Gasteiger partial charge on any atom is -0.353 e. The highest BCUT2D eigenvalue weighted by Gasteiger charge is 2.53. The van der Waals surface area contributed by atoms with E-state index in [0.717, 1.165) is 51.6 Å². The zero-order valence-electron chi connectivity index (χ0n) is 13.9. The summed E-state index contributed by atoms with van der Waals surface area (Å²) in [5.41, 5.74) is -0.570. The molecule has 3 heterocycles. The van der Waals surface area contributed by atoms with Crippen molar-refractivity contribution in [1.82, 2.24) is 9.80 Å². The van der Waals surface area contributed by atoms with E-state index in [1.165, 1.54) is 17.8 Å².